The topological polar surface area (TPSA) is 80.3 Å². The molecule has 0 radical (unpaired) electrons. The first kappa shape index (κ1) is 20.6. The molecule has 2 N–H and O–H groups in total. The molecule has 1 unspecified atom stereocenters. The number of nitrogens with zero attached hydrogens (tertiary/aromatic N) is 1. The third-order valence-corrected chi connectivity index (χ3v) is 4.36. The Hall–Kier alpha value is -3.09. The Kier molecular flexibility index (Phi) is 6.69. The highest BCUT2D eigenvalue weighted by Gasteiger charge is 2.15. The minimum atomic E-state index is -0.735. The van der Waals surface area contributed by atoms with Crippen molar-refractivity contribution in [3.05, 3.63) is 82.5 Å². The van der Waals surface area contributed by atoms with Gasteiger partial charge in [0.2, 0.25) is 0 Å². The second-order valence-electron chi connectivity index (χ2n) is 6.09. The molecular formula is C21H17Cl2N3O3. The highest BCUT2D eigenvalue weighted by atomic mass is 35.5. The van der Waals surface area contributed by atoms with E-state index >= 15 is 0 Å². The highest BCUT2D eigenvalue weighted by molar-refractivity contribution is 6.31. The van der Waals surface area contributed by atoms with E-state index in [1.165, 1.54) is 6.20 Å². The molecule has 1 atom stereocenters. The molecule has 3 aromatic rings. The van der Waals surface area contributed by atoms with E-state index in [9.17, 15) is 9.59 Å². The van der Waals surface area contributed by atoms with Gasteiger partial charge in [-0.3, -0.25) is 9.59 Å². The van der Waals surface area contributed by atoms with Crippen LogP contribution in [0, 0.1) is 0 Å². The summed E-state index contributed by atoms with van der Waals surface area (Å²) in [6.45, 7) is 1.64. The van der Waals surface area contributed by atoms with Crippen molar-refractivity contribution in [1.29, 1.82) is 0 Å². The Morgan fingerprint density at radius 1 is 0.931 bits per heavy atom. The molecule has 0 aliphatic rings. The smallest absolute Gasteiger partial charge is 0.265 e. The predicted molar refractivity (Wildman–Crippen MR) is 114 cm³/mol. The van der Waals surface area contributed by atoms with Gasteiger partial charge >= 0.3 is 0 Å². The molecule has 8 heteroatoms. The summed E-state index contributed by atoms with van der Waals surface area (Å²) >= 11 is 11.7. The fraction of sp³-hybridized carbons (Fsp3) is 0.0952. The first-order chi connectivity index (χ1) is 13.9. The van der Waals surface area contributed by atoms with Crippen LogP contribution in [-0.4, -0.2) is 22.9 Å². The molecule has 2 amide bonds. The minimum absolute atomic E-state index is 0.304. The molecule has 1 heterocycles. The standard InChI is InChI=1S/C21H17Cl2N3O3/c1-13(20(27)25-17-6-4-15(22)5-7-17)29-18-8-2-14(3-9-18)21(28)26-19-12-16(23)10-11-24-19/h2-13H,1H3,(H,25,27)(H,24,26,28). The lowest BCUT2D eigenvalue weighted by Gasteiger charge is -2.15. The van der Waals surface area contributed by atoms with E-state index < -0.39 is 6.10 Å². The van der Waals surface area contributed by atoms with Gasteiger partial charge in [0.25, 0.3) is 11.8 Å². The van der Waals surface area contributed by atoms with Gasteiger partial charge in [-0.25, -0.2) is 4.98 Å². The summed E-state index contributed by atoms with van der Waals surface area (Å²) in [7, 11) is 0. The third kappa shape index (κ3) is 5.94. The fourth-order valence-corrected chi connectivity index (χ4v) is 2.67. The summed E-state index contributed by atoms with van der Waals surface area (Å²) in [6.07, 6.45) is 0.770. The van der Waals surface area contributed by atoms with Gasteiger partial charge in [-0.05, 0) is 67.6 Å². The lowest BCUT2D eigenvalue weighted by molar-refractivity contribution is -0.122. The third-order valence-electron chi connectivity index (χ3n) is 3.87. The number of nitrogens with one attached hydrogen (secondary N) is 2. The summed E-state index contributed by atoms with van der Waals surface area (Å²) in [6, 6.07) is 16.4. The second kappa shape index (κ2) is 9.41. The number of aromatic nitrogens is 1. The van der Waals surface area contributed by atoms with Crippen LogP contribution in [0.15, 0.2) is 66.9 Å². The number of carbonyl (C=O) groups excluding carboxylic acids is 2. The molecule has 0 saturated carbocycles. The number of amides is 2. The number of rotatable bonds is 6. The van der Waals surface area contributed by atoms with Crippen LogP contribution in [0.1, 0.15) is 17.3 Å². The van der Waals surface area contributed by atoms with Gasteiger partial charge in [-0.1, -0.05) is 23.2 Å². The lowest BCUT2D eigenvalue weighted by atomic mass is 10.2. The molecule has 3 rings (SSSR count). The van der Waals surface area contributed by atoms with Crippen molar-refractivity contribution in [2.24, 2.45) is 0 Å². The van der Waals surface area contributed by atoms with Crippen molar-refractivity contribution in [2.45, 2.75) is 13.0 Å². The number of carbonyl (C=O) groups is 2. The van der Waals surface area contributed by atoms with Gasteiger partial charge in [0.05, 0.1) is 0 Å². The number of hydrogen-bond donors (Lipinski definition) is 2. The first-order valence-corrected chi connectivity index (χ1v) is 9.42. The lowest BCUT2D eigenvalue weighted by Crippen LogP contribution is -2.30. The monoisotopic (exact) mass is 429 g/mol. The van der Waals surface area contributed by atoms with Gasteiger partial charge in [-0.15, -0.1) is 0 Å². The number of ether oxygens (including phenoxy) is 1. The highest BCUT2D eigenvalue weighted by Crippen LogP contribution is 2.18. The van der Waals surface area contributed by atoms with Crippen molar-refractivity contribution in [3.8, 4) is 5.75 Å². The summed E-state index contributed by atoms with van der Waals surface area (Å²) < 4.78 is 5.64. The molecule has 0 fully saturated rings. The maximum absolute atomic E-state index is 12.3. The minimum Gasteiger partial charge on any atom is -0.481 e. The van der Waals surface area contributed by atoms with Gasteiger partial charge in [0.1, 0.15) is 11.6 Å². The number of halogens is 2. The van der Waals surface area contributed by atoms with E-state index in [-0.39, 0.29) is 11.8 Å². The number of benzene rings is 2. The molecule has 6 nitrogen and oxygen atoms in total. The SMILES string of the molecule is CC(Oc1ccc(C(=O)Nc2cc(Cl)ccn2)cc1)C(=O)Nc1ccc(Cl)cc1. The molecule has 0 aliphatic heterocycles. The molecular weight excluding hydrogens is 413 g/mol. The zero-order chi connectivity index (χ0) is 20.8. The fourth-order valence-electron chi connectivity index (χ4n) is 2.38. The molecule has 0 spiro atoms. The molecule has 2 aromatic carbocycles. The Morgan fingerprint density at radius 3 is 2.28 bits per heavy atom. The zero-order valence-electron chi connectivity index (χ0n) is 15.4. The van der Waals surface area contributed by atoms with Crippen molar-refractivity contribution in [3.63, 3.8) is 0 Å². The van der Waals surface area contributed by atoms with Crippen LogP contribution in [0.2, 0.25) is 10.0 Å². The number of anilines is 2. The van der Waals surface area contributed by atoms with Crippen molar-refractivity contribution < 1.29 is 14.3 Å². The number of pyridine rings is 1. The van der Waals surface area contributed by atoms with Crippen LogP contribution in [0.5, 0.6) is 5.75 Å². The van der Waals surface area contributed by atoms with E-state index in [2.05, 4.69) is 15.6 Å². The Morgan fingerprint density at radius 2 is 1.62 bits per heavy atom. The van der Waals surface area contributed by atoms with E-state index in [4.69, 9.17) is 27.9 Å². The van der Waals surface area contributed by atoms with Crippen molar-refractivity contribution >= 4 is 46.5 Å². The Bertz CT molecular complexity index is 1010. The predicted octanol–water partition coefficient (Wildman–Crippen LogP) is 5.05. The van der Waals surface area contributed by atoms with Gasteiger partial charge in [0, 0.05) is 27.5 Å². The van der Waals surface area contributed by atoms with Crippen LogP contribution < -0.4 is 15.4 Å². The quantitative estimate of drug-likeness (QED) is 0.574. The maximum Gasteiger partial charge on any atom is 0.265 e. The zero-order valence-corrected chi connectivity index (χ0v) is 16.9. The van der Waals surface area contributed by atoms with Crippen LogP contribution in [0.4, 0.5) is 11.5 Å². The molecule has 0 saturated heterocycles. The van der Waals surface area contributed by atoms with Crippen molar-refractivity contribution in [2.75, 3.05) is 10.6 Å². The normalized spacial score (nSPS) is 11.4. The average Bonchev–Trinajstić information content (AvgIpc) is 2.70. The van der Waals surface area contributed by atoms with E-state index in [0.29, 0.717) is 32.9 Å². The summed E-state index contributed by atoms with van der Waals surface area (Å²) in [5.74, 6) is 0.178. The molecule has 0 aliphatic carbocycles. The second-order valence-corrected chi connectivity index (χ2v) is 6.97. The van der Waals surface area contributed by atoms with Crippen LogP contribution >= 0.6 is 23.2 Å². The maximum atomic E-state index is 12.3. The molecule has 148 valence electrons. The summed E-state index contributed by atoms with van der Waals surface area (Å²) in [5.41, 5.74) is 1.04. The summed E-state index contributed by atoms with van der Waals surface area (Å²) in [5, 5.41) is 6.47. The van der Waals surface area contributed by atoms with E-state index in [0.717, 1.165) is 0 Å². The van der Waals surface area contributed by atoms with Gasteiger partial charge in [-0.2, -0.15) is 0 Å². The molecule has 0 bridgehead atoms. The van der Waals surface area contributed by atoms with Gasteiger partial charge in [0.15, 0.2) is 6.10 Å². The Balaban J connectivity index is 1.57. The average molecular weight is 430 g/mol. The van der Waals surface area contributed by atoms with Crippen LogP contribution in [0.25, 0.3) is 0 Å². The number of hydrogen-bond acceptors (Lipinski definition) is 4. The van der Waals surface area contributed by atoms with Crippen molar-refractivity contribution in [1.82, 2.24) is 4.98 Å². The summed E-state index contributed by atoms with van der Waals surface area (Å²) in [4.78, 5) is 28.6. The molecule has 1 aromatic heterocycles. The largest absolute Gasteiger partial charge is 0.481 e. The Labute approximate surface area is 177 Å². The molecule has 29 heavy (non-hydrogen) atoms. The van der Waals surface area contributed by atoms with E-state index in [1.807, 2.05) is 0 Å². The first-order valence-electron chi connectivity index (χ1n) is 8.67. The van der Waals surface area contributed by atoms with Crippen LogP contribution in [-0.2, 0) is 4.79 Å². The van der Waals surface area contributed by atoms with Crippen LogP contribution in [0.3, 0.4) is 0 Å². The van der Waals surface area contributed by atoms with Gasteiger partial charge < -0.3 is 15.4 Å². The van der Waals surface area contributed by atoms with E-state index in [1.54, 1.807) is 67.6 Å².